The predicted molar refractivity (Wildman–Crippen MR) is 98.7 cm³/mol. The van der Waals surface area contributed by atoms with Gasteiger partial charge in [0.15, 0.2) is 0 Å². The molecule has 2 amide bonds. The van der Waals surface area contributed by atoms with E-state index in [1.807, 2.05) is 6.92 Å². The first-order chi connectivity index (χ1) is 12.3. The maximum absolute atomic E-state index is 12.2. The number of carbonyl (C=O) groups is 2. The summed E-state index contributed by atoms with van der Waals surface area (Å²) in [4.78, 5) is 24.3. The highest BCUT2D eigenvalue weighted by molar-refractivity contribution is 7.89. The van der Waals surface area contributed by atoms with Crippen molar-refractivity contribution in [2.45, 2.75) is 63.3 Å². The molecule has 3 N–H and O–H groups in total. The Hall–Kier alpha value is -1.93. The number of carbonyl (C=O) groups excluding carboxylic acids is 2. The Morgan fingerprint density at radius 2 is 1.69 bits per heavy atom. The Bertz CT molecular complexity index is 725. The Labute approximate surface area is 155 Å². The van der Waals surface area contributed by atoms with Gasteiger partial charge in [-0.1, -0.05) is 26.2 Å². The van der Waals surface area contributed by atoms with Gasteiger partial charge < -0.3 is 0 Å². The third kappa shape index (κ3) is 5.54. The van der Waals surface area contributed by atoms with Gasteiger partial charge in [-0.3, -0.25) is 20.4 Å². The van der Waals surface area contributed by atoms with Crippen LogP contribution in [0.2, 0.25) is 0 Å². The van der Waals surface area contributed by atoms with Crippen LogP contribution in [0.1, 0.15) is 62.7 Å². The van der Waals surface area contributed by atoms with Gasteiger partial charge in [-0.25, -0.2) is 13.1 Å². The fourth-order valence-corrected chi connectivity index (χ4v) is 4.19. The molecule has 0 unspecified atom stereocenters. The molecule has 8 heteroatoms. The third-order valence-electron chi connectivity index (χ3n) is 4.67. The summed E-state index contributed by atoms with van der Waals surface area (Å²) in [7, 11) is -3.61. The average molecular weight is 381 g/mol. The van der Waals surface area contributed by atoms with Crippen molar-refractivity contribution in [1.82, 2.24) is 15.6 Å². The maximum atomic E-state index is 12.2. The number of rotatable bonds is 6. The Morgan fingerprint density at radius 1 is 1.08 bits per heavy atom. The molecule has 1 fully saturated rings. The van der Waals surface area contributed by atoms with Gasteiger partial charge in [0.1, 0.15) is 0 Å². The van der Waals surface area contributed by atoms with Crippen LogP contribution in [0, 0.1) is 5.92 Å². The SMILES string of the molecule is CC[C@H](C)NS(=O)(=O)c1ccc(C(=O)NNC(=O)C2CCCCC2)cc1. The van der Waals surface area contributed by atoms with Gasteiger partial charge in [-0.2, -0.15) is 0 Å². The zero-order valence-electron chi connectivity index (χ0n) is 15.2. The van der Waals surface area contributed by atoms with Crippen LogP contribution in [0.5, 0.6) is 0 Å². The van der Waals surface area contributed by atoms with E-state index in [2.05, 4.69) is 15.6 Å². The van der Waals surface area contributed by atoms with Gasteiger partial charge in [0.25, 0.3) is 5.91 Å². The van der Waals surface area contributed by atoms with E-state index in [4.69, 9.17) is 0 Å². The summed E-state index contributed by atoms with van der Waals surface area (Å²) in [6.07, 6.45) is 5.59. The molecule has 0 radical (unpaired) electrons. The molecule has 2 rings (SSSR count). The molecule has 0 aromatic heterocycles. The molecule has 0 saturated heterocycles. The van der Waals surface area contributed by atoms with E-state index in [0.717, 1.165) is 32.1 Å². The van der Waals surface area contributed by atoms with Crippen molar-refractivity contribution in [2.75, 3.05) is 0 Å². The van der Waals surface area contributed by atoms with E-state index in [1.165, 1.54) is 24.3 Å². The van der Waals surface area contributed by atoms with Gasteiger partial charge in [0.05, 0.1) is 4.90 Å². The molecule has 1 aromatic rings. The van der Waals surface area contributed by atoms with Crippen LogP contribution in [-0.2, 0) is 14.8 Å². The van der Waals surface area contributed by atoms with Crippen LogP contribution in [0.3, 0.4) is 0 Å². The monoisotopic (exact) mass is 381 g/mol. The second kappa shape index (κ2) is 9.14. The highest BCUT2D eigenvalue weighted by Crippen LogP contribution is 2.23. The molecular formula is C18H27N3O4S. The smallest absolute Gasteiger partial charge is 0.269 e. The molecule has 7 nitrogen and oxygen atoms in total. The van der Waals surface area contributed by atoms with Crippen molar-refractivity contribution in [2.24, 2.45) is 5.92 Å². The Balaban J connectivity index is 1.92. The first kappa shape index (κ1) is 20.4. The fourth-order valence-electron chi connectivity index (χ4n) is 2.86. The molecule has 1 aromatic carbocycles. The largest absolute Gasteiger partial charge is 0.273 e. The van der Waals surface area contributed by atoms with E-state index < -0.39 is 15.9 Å². The topological polar surface area (TPSA) is 104 Å². The van der Waals surface area contributed by atoms with Gasteiger partial charge in [0, 0.05) is 17.5 Å². The standard InChI is InChI=1S/C18H27N3O4S/c1-3-13(2)21-26(24,25)16-11-9-15(10-12-16)18(23)20-19-17(22)14-7-5-4-6-8-14/h9-14,21H,3-8H2,1-2H3,(H,19,22)(H,20,23)/t13-/m0/s1. The molecule has 0 aliphatic heterocycles. The Kier molecular flexibility index (Phi) is 7.16. The Morgan fingerprint density at radius 3 is 2.27 bits per heavy atom. The summed E-state index contributed by atoms with van der Waals surface area (Å²) < 4.78 is 27.0. The summed E-state index contributed by atoms with van der Waals surface area (Å²) >= 11 is 0. The van der Waals surface area contributed by atoms with E-state index in [-0.39, 0.29) is 28.3 Å². The zero-order chi connectivity index (χ0) is 19.2. The average Bonchev–Trinajstić information content (AvgIpc) is 2.66. The van der Waals surface area contributed by atoms with Gasteiger partial charge in [-0.05, 0) is 50.5 Å². The lowest BCUT2D eigenvalue weighted by molar-refractivity contribution is -0.126. The minimum atomic E-state index is -3.61. The van der Waals surface area contributed by atoms with Crippen molar-refractivity contribution >= 4 is 21.8 Å². The summed E-state index contributed by atoms with van der Waals surface area (Å²) in [5.41, 5.74) is 5.13. The fraction of sp³-hybridized carbons (Fsp3) is 0.556. The van der Waals surface area contributed by atoms with Crippen molar-refractivity contribution in [3.05, 3.63) is 29.8 Å². The minimum Gasteiger partial charge on any atom is -0.273 e. The number of hydrogen-bond acceptors (Lipinski definition) is 4. The van der Waals surface area contributed by atoms with Crippen LogP contribution < -0.4 is 15.6 Å². The normalized spacial score (nSPS) is 16.7. The van der Waals surface area contributed by atoms with Gasteiger partial charge in [0.2, 0.25) is 15.9 Å². The molecule has 144 valence electrons. The van der Waals surface area contributed by atoms with E-state index in [9.17, 15) is 18.0 Å². The first-order valence-electron chi connectivity index (χ1n) is 9.06. The van der Waals surface area contributed by atoms with Crippen LogP contribution in [0.25, 0.3) is 0 Å². The zero-order valence-corrected chi connectivity index (χ0v) is 16.1. The van der Waals surface area contributed by atoms with Crippen molar-refractivity contribution in [3.8, 4) is 0 Å². The second-order valence-electron chi connectivity index (χ2n) is 6.73. The van der Waals surface area contributed by atoms with E-state index in [0.29, 0.717) is 6.42 Å². The number of sulfonamides is 1. The molecule has 1 saturated carbocycles. The molecular weight excluding hydrogens is 354 g/mol. The van der Waals surface area contributed by atoms with Crippen LogP contribution in [0.4, 0.5) is 0 Å². The molecule has 1 aliphatic rings. The lowest BCUT2D eigenvalue weighted by atomic mass is 9.89. The number of hydrazine groups is 1. The molecule has 26 heavy (non-hydrogen) atoms. The number of nitrogens with one attached hydrogen (secondary N) is 3. The summed E-state index contributed by atoms with van der Waals surface area (Å²) in [5, 5.41) is 0. The van der Waals surface area contributed by atoms with Crippen molar-refractivity contribution in [1.29, 1.82) is 0 Å². The molecule has 0 spiro atoms. The summed E-state index contributed by atoms with van der Waals surface area (Å²) in [6, 6.07) is 5.43. The number of hydrogen-bond donors (Lipinski definition) is 3. The van der Waals surface area contributed by atoms with E-state index in [1.54, 1.807) is 6.92 Å². The second-order valence-corrected chi connectivity index (χ2v) is 8.45. The highest BCUT2D eigenvalue weighted by atomic mass is 32.2. The van der Waals surface area contributed by atoms with Gasteiger partial charge >= 0.3 is 0 Å². The van der Waals surface area contributed by atoms with Gasteiger partial charge in [-0.15, -0.1) is 0 Å². The summed E-state index contributed by atoms with van der Waals surface area (Å²) in [5.74, 6) is -0.703. The minimum absolute atomic E-state index is 0.0526. The molecule has 0 bridgehead atoms. The third-order valence-corrected chi connectivity index (χ3v) is 6.28. The van der Waals surface area contributed by atoms with Crippen LogP contribution in [0.15, 0.2) is 29.2 Å². The van der Waals surface area contributed by atoms with E-state index >= 15 is 0 Å². The molecule has 0 heterocycles. The maximum Gasteiger partial charge on any atom is 0.269 e. The molecule has 1 aliphatic carbocycles. The van der Waals surface area contributed by atoms with Crippen LogP contribution >= 0.6 is 0 Å². The first-order valence-corrected chi connectivity index (χ1v) is 10.5. The predicted octanol–water partition coefficient (Wildman–Crippen LogP) is 2.10. The quantitative estimate of drug-likeness (QED) is 0.656. The highest BCUT2D eigenvalue weighted by Gasteiger charge is 2.22. The molecule has 1 atom stereocenters. The van der Waals surface area contributed by atoms with Crippen molar-refractivity contribution in [3.63, 3.8) is 0 Å². The number of amides is 2. The summed E-state index contributed by atoms with van der Waals surface area (Å²) in [6.45, 7) is 3.68. The lowest BCUT2D eigenvalue weighted by Crippen LogP contribution is -2.44. The van der Waals surface area contributed by atoms with Crippen molar-refractivity contribution < 1.29 is 18.0 Å². The van der Waals surface area contributed by atoms with Crippen LogP contribution in [-0.4, -0.2) is 26.3 Å². The number of benzene rings is 1. The lowest BCUT2D eigenvalue weighted by Gasteiger charge is -2.20.